The second-order valence-electron chi connectivity index (χ2n) is 6.68. The highest BCUT2D eigenvalue weighted by atomic mass is 16.5. The van der Waals surface area contributed by atoms with Gasteiger partial charge in [0.05, 0.1) is 12.5 Å². The number of Topliss-reactive ketones (excluding diaryl/α,β-unsaturated/α-hetero) is 2. The van der Waals surface area contributed by atoms with Gasteiger partial charge < -0.3 is 15.0 Å². The van der Waals surface area contributed by atoms with E-state index in [2.05, 4.69) is 5.32 Å². The molecule has 1 aliphatic carbocycles. The predicted molar refractivity (Wildman–Crippen MR) is 99.6 cm³/mol. The minimum absolute atomic E-state index is 0.0565. The van der Waals surface area contributed by atoms with Crippen molar-refractivity contribution >= 4 is 28.0 Å². The Labute approximate surface area is 148 Å². The van der Waals surface area contributed by atoms with Crippen LogP contribution in [-0.2, 0) is 4.74 Å². The summed E-state index contributed by atoms with van der Waals surface area (Å²) in [4.78, 5) is 27.8. The van der Waals surface area contributed by atoms with Crippen molar-refractivity contribution in [2.24, 2.45) is 5.92 Å². The lowest BCUT2D eigenvalue weighted by Crippen LogP contribution is -2.32. The fourth-order valence-corrected chi connectivity index (χ4v) is 3.40. The first-order chi connectivity index (χ1) is 12.0. The average Bonchev–Trinajstić information content (AvgIpc) is 2.60. The Balaban J connectivity index is 2.03. The van der Waals surface area contributed by atoms with Crippen molar-refractivity contribution in [3.8, 4) is 0 Å². The number of benzene rings is 2. The van der Waals surface area contributed by atoms with Crippen LogP contribution in [0.1, 0.15) is 27.1 Å². The predicted octanol–water partition coefficient (Wildman–Crippen LogP) is 2.85. The highest BCUT2D eigenvalue weighted by molar-refractivity contribution is 6.30. The number of ketones is 2. The monoisotopic (exact) mass is 340 g/mol. The topological polar surface area (TPSA) is 58.6 Å². The Morgan fingerprint density at radius 2 is 1.80 bits per heavy atom. The van der Waals surface area contributed by atoms with Crippen molar-refractivity contribution in [2.75, 3.05) is 46.2 Å². The van der Waals surface area contributed by atoms with E-state index in [0.717, 1.165) is 16.5 Å². The molecule has 0 aliphatic heterocycles. The fourth-order valence-electron chi connectivity index (χ4n) is 3.40. The third-order valence-corrected chi connectivity index (χ3v) is 4.69. The molecule has 0 bridgehead atoms. The lowest BCUT2D eigenvalue weighted by atomic mass is 9.78. The van der Waals surface area contributed by atoms with Gasteiger partial charge >= 0.3 is 0 Å². The number of carbonyl (C=O) groups excluding carboxylic acids is 2. The van der Waals surface area contributed by atoms with Gasteiger partial charge in [0.15, 0.2) is 11.6 Å². The first-order valence-corrected chi connectivity index (χ1v) is 8.56. The van der Waals surface area contributed by atoms with E-state index in [1.807, 2.05) is 49.3 Å². The lowest BCUT2D eigenvalue weighted by molar-refractivity contribution is 0.0788. The molecular formula is C20H24N2O3. The number of methoxy groups -OCH3 is 1. The maximum absolute atomic E-state index is 12.9. The molecule has 2 aromatic carbocycles. The molecule has 2 aromatic rings. The molecule has 25 heavy (non-hydrogen) atoms. The van der Waals surface area contributed by atoms with Gasteiger partial charge in [0.25, 0.3) is 0 Å². The summed E-state index contributed by atoms with van der Waals surface area (Å²) >= 11 is 0. The first-order valence-electron chi connectivity index (χ1n) is 8.56. The number of nitrogens with one attached hydrogen (secondary N) is 1. The van der Waals surface area contributed by atoms with Crippen molar-refractivity contribution in [1.29, 1.82) is 0 Å². The number of hydrogen-bond acceptors (Lipinski definition) is 5. The van der Waals surface area contributed by atoms with Crippen molar-refractivity contribution in [3.63, 3.8) is 0 Å². The molecule has 0 aromatic heterocycles. The molecular weight excluding hydrogens is 316 g/mol. The molecule has 0 spiro atoms. The summed E-state index contributed by atoms with van der Waals surface area (Å²) in [5.41, 5.74) is 2.24. The minimum atomic E-state index is -0.576. The number of rotatable bonds is 7. The number of nitrogens with zero attached hydrogens (tertiary/aromatic N) is 1. The second kappa shape index (κ2) is 7.33. The summed E-state index contributed by atoms with van der Waals surface area (Å²) in [5.74, 6) is -0.689. The number of ether oxygens (including phenoxy) is 1. The maximum atomic E-state index is 12.9. The molecule has 1 atom stereocenters. The summed E-state index contributed by atoms with van der Waals surface area (Å²) in [5, 5.41) is 5.01. The van der Waals surface area contributed by atoms with E-state index in [1.54, 1.807) is 7.11 Å². The number of hydrogen-bond donors (Lipinski definition) is 1. The molecule has 5 nitrogen and oxygen atoms in total. The van der Waals surface area contributed by atoms with Gasteiger partial charge in [0.2, 0.25) is 0 Å². The van der Waals surface area contributed by atoms with E-state index in [0.29, 0.717) is 37.2 Å². The highest BCUT2D eigenvalue weighted by Gasteiger charge is 2.35. The Morgan fingerprint density at radius 1 is 1.08 bits per heavy atom. The van der Waals surface area contributed by atoms with E-state index >= 15 is 0 Å². The minimum Gasteiger partial charge on any atom is -0.383 e. The molecule has 1 N–H and O–H groups in total. The third-order valence-electron chi connectivity index (χ3n) is 4.69. The van der Waals surface area contributed by atoms with Crippen molar-refractivity contribution in [1.82, 2.24) is 4.90 Å². The summed E-state index contributed by atoms with van der Waals surface area (Å²) in [7, 11) is 5.55. The smallest absolute Gasteiger partial charge is 0.174 e. The number of carbonyl (C=O) groups is 2. The normalized spacial score (nSPS) is 16.7. The van der Waals surface area contributed by atoms with Gasteiger partial charge in [-0.1, -0.05) is 18.2 Å². The first kappa shape index (κ1) is 17.6. The van der Waals surface area contributed by atoms with Crippen LogP contribution in [0.2, 0.25) is 0 Å². The van der Waals surface area contributed by atoms with E-state index < -0.39 is 5.92 Å². The molecule has 5 heteroatoms. The molecule has 0 fully saturated rings. The largest absolute Gasteiger partial charge is 0.383 e. The van der Waals surface area contributed by atoms with E-state index in [9.17, 15) is 9.59 Å². The zero-order chi connectivity index (χ0) is 18.0. The van der Waals surface area contributed by atoms with Crippen LogP contribution in [0.25, 0.3) is 10.8 Å². The second-order valence-corrected chi connectivity index (χ2v) is 6.68. The Kier molecular flexibility index (Phi) is 5.16. The lowest BCUT2D eigenvalue weighted by Gasteiger charge is -2.25. The van der Waals surface area contributed by atoms with E-state index in [4.69, 9.17) is 4.74 Å². The van der Waals surface area contributed by atoms with Gasteiger partial charge in [-0.15, -0.1) is 0 Å². The van der Waals surface area contributed by atoms with Crippen LogP contribution in [0, 0.1) is 5.92 Å². The SMILES string of the molecule is COCCNc1ccc2c3c(cccc13)C(=O)C(CCN(C)C)C2=O. The molecule has 0 heterocycles. The molecule has 0 saturated heterocycles. The van der Waals surface area contributed by atoms with Crippen molar-refractivity contribution in [3.05, 3.63) is 41.5 Å². The molecule has 0 radical (unpaired) electrons. The Morgan fingerprint density at radius 3 is 2.48 bits per heavy atom. The quantitative estimate of drug-likeness (QED) is 0.620. The summed E-state index contributed by atoms with van der Waals surface area (Å²) in [6.07, 6.45) is 0.550. The van der Waals surface area contributed by atoms with Gasteiger partial charge in [-0.2, -0.15) is 0 Å². The van der Waals surface area contributed by atoms with E-state index in [1.165, 1.54) is 0 Å². The zero-order valence-electron chi connectivity index (χ0n) is 15.0. The van der Waals surface area contributed by atoms with Crippen LogP contribution in [-0.4, -0.2) is 57.4 Å². The summed E-state index contributed by atoms with van der Waals surface area (Å²) in [6, 6.07) is 9.45. The third kappa shape index (κ3) is 3.30. The molecule has 0 saturated carbocycles. The van der Waals surface area contributed by atoms with Gasteiger partial charge in [0, 0.05) is 41.2 Å². The van der Waals surface area contributed by atoms with Crippen LogP contribution in [0.3, 0.4) is 0 Å². The molecule has 3 rings (SSSR count). The molecule has 132 valence electrons. The maximum Gasteiger partial charge on any atom is 0.174 e. The van der Waals surface area contributed by atoms with E-state index in [-0.39, 0.29) is 11.6 Å². The number of anilines is 1. The molecule has 1 aliphatic rings. The van der Waals surface area contributed by atoms with Gasteiger partial charge in [-0.05, 0) is 39.2 Å². The zero-order valence-corrected chi connectivity index (χ0v) is 15.0. The van der Waals surface area contributed by atoms with Gasteiger partial charge in [-0.3, -0.25) is 9.59 Å². The standard InChI is InChI=1S/C20H24N2O3/c1-22(2)11-9-16-19(23)14-6-4-5-13-17(21-10-12-25-3)8-7-15(18(13)14)20(16)24/h4-8,16,21H,9-12H2,1-3H3. The highest BCUT2D eigenvalue weighted by Crippen LogP contribution is 2.36. The molecule has 0 amide bonds. The van der Waals surface area contributed by atoms with Crippen molar-refractivity contribution in [2.45, 2.75) is 6.42 Å². The van der Waals surface area contributed by atoms with Gasteiger partial charge in [-0.25, -0.2) is 0 Å². The van der Waals surface area contributed by atoms with Crippen LogP contribution < -0.4 is 5.32 Å². The van der Waals surface area contributed by atoms with Crippen LogP contribution in [0.5, 0.6) is 0 Å². The fraction of sp³-hybridized carbons (Fsp3) is 0.400. The van der Waals surface area contributed by atoms with Crippen LogP contribution >= 0.6 is 0 Å². The average molecular weight is 340 g/mol. The summed E-state index contributed by atoms with van der Waals surface area (Å²) < 4.78 is 5.08. The Hall–Kier alpha value is -2.24. The van der Waals surface area contributed by atoms with Crippen LogP contribution in [0.4, 0.5) is 5.69 Å². The Bertz CT molecular complexity index is 792. The van der Waals surface area contributed by atoms with Gasteiger partial charge in [0.1, 0.15) is 0 Å². The molecule has 1 unspecified atom stereocenters. The summed E-state index contributed by atoms with van der Waals surface area (Å²) in [6.45, 7) is 1.97. The van der Waals surface area contributed by atoms with Crippen LogP contribution in [0.15, 0.2) is 30.3 Å². The van der Waals surface area contributed by atoms with Crippen molar-refractivity contribution < 1.29 is 14.3 Å².